The maximum atomic E-state index is 11.3. The summed E-state index contributed by atoms with van der Waals surface area (Å²) in [7, 11) is 1.29. The molecule has 0 fully saturated rings. The average Bonchev–Trinajstić information content (AvgIpc) is 2.72. The molecule has 84 valence electrons. The van der Waals surface area contributed by atoms with Gasteiger partial charge in [0.1, 0.15) is 11.3 Å². The number of carbonyl (C=O) groups excluding carboxylic acids is 1. The van der Waals surface area contributed by atoms with Crippen molar-refractivity contribution >= 4 is 32.9 Å². The highest BCUT2D eigenvalue weighted by molar-refractivity contribution is 9.10. The number of ether oxygens (including phenoxy) is 1. The summed E-state index contributed by atoms with van der Waals surface area (Å²) >= 11 is 3.40. The molecule has 2 aromatic rings. The quantitative estimate of drug-likeness (QED) is 0.860. The average molecular weight is 284 g/mol. The number of esters is 1. The zero-order chi connectivity index (χ0) is 11.7. The van der Waals surface area contributed by atoms with Crippen LogP contribution in [0.2, 0.25) is 0 Å². The number of halogens is 1. The summed E-state index contributed by atoms with van der Waals surface area (Å²) in [5.41, 5.74) is 6.36. The van der Waals surface area contributed by atoms with Gasteiger partial charge in [-0.1, -0.05) is 22.0 Å². The first-order valence-corrected chi connectivity index (χ1v) is 5.44. The van der Waals surface area contributed by atoms with Crippen LogP contribution in [0.5, 0.6) is 0 Å². The molecule has 1 aromatic carbocycles. The van der Waals surface area contributed by atoms with E-state index in [1.54, 1.807) is 6.07 Å². The van der Waals surface area contributed by atoms with E-state index in [0.29, 0.717) is 11.3 Å². The minimum absolute atomic E-state index is 0.397. The van der Waals surface area contributed by atoms with Gasteiger partial charge in [0.15, 0.2) is 6.04 Å². The highest BCUT2D eigenvalue weighted by Crippen LogP contribution is 2.29. The smallest absolute Gasteiger partial charge is 0.330 e. The first kappa shape index (κ1) is 11.2. The molecule has 0 aliphatic rings. The van der Waals surface area contributed by atoms with Gasteiger partial charge in [-0.3, -0.25) is 0 Å². The summed E-state index contributed by atoms with van der Waals surface area (Å²) in [6.07, 6.45) is 0. The number of hydrogen-bond donors (Lipinski definition) is 1. The summed E-state index contributed by atoms with van der Waals surface area (Å²) in [5.74, 6) is -0.121. The van der Waals surface area contributed by atoms with Gasteiger partial charge in [0.05, 0.1) is 7.11 Å². The predicted molar refractivity (Wildman–Crippen MR) is 62.9 cm³/mol. The minimum atomic E-state index is -0.885. The van der Waals surface area contributed by atoms with Gasteiger partial charge >= 0.3 is 5.97 Å². The van der Waals surface area contributed by atoms with Gasteiger partial charge < -0.3 is 14.9 Å². The molecule has 0 bridgehead atoms. The first-order valence-electron chi connectivity index (χ1n) is 4.65. The van der Waals surface area contributed by atoms with Gasteiger partial charge in [-0.2, -0.15) is 0 Å². The fraction of sp³-hybridized carbons (Fsp3) is 0.182. The Kier molecular flexibility index (Phi) is 2.98. The molecule has 0 radical (unpaired) electrons. The van der Waals surface area contributed by atoms with Crippen molar-refractivity contribution in [3.05, 3.63) is 34.5 Å². The molecule has 2 rings (SSSR count). The molecule has 1 heterocycles. The van der Waals surface area contributed by atoms with Crippen LogP contribution in [-0.4, -0.2) is 13.1 Å². The number of furan rings is 1. The van der Waals surface area contributed by atoms with E-state index in [-0.39, 0.29) is 0 Å². The third kappa shape index (κ3) is 1.83. The van der Waals surface area contributed by atoms with Crippen LogP contribution >= 0.6 is 15.9 Å². The molecule has 0 spiro atoms. The Bertz CT molecular complexity index is 535. The van der Waals surface area contributed by atoms with Gasteiger partial charge in [0.25, 0.3) is 0 Å². The molecule has 16 heavy (non-hydrogen) atoms. The van der Waals surface area contributed by atoms with Gasteiger partial charge in [0.2, 0.25) is 0 Å². The Labute approximate surface area is 100 Å². The second kappa shape index (κ2) is 4.27. The first-order chi connectivity index (χ1) is 7.63. The van der Waals surface area contributed by atoms with Crippen LogP contribution in [0, 0.1) is 0 Å². The van der Waals surface area contributed by atoms with Gasteiger partial charge in [0, 0.05) is 9.86 Å². The number of fused-ring (bicyclic) bond motifs is 1. The van der Waals surface area contributed by atoms with Crippen molar-refractivity contribution in [2.24, 2.45) is 5.73 Å². The van der Waals surface area contributed by atoms with Crippen molar-refractivity contribution in [1.82, 2.24) is 0 Å². The van der Waals surface area contributed by atoms with Crippen molar-refractivity contribution in [1.29, 1.82) is 0 Å². The topological polar surface area (TPSA) is 65.5 Å². The molecule has 0 aliphatic heterocycles. The lowest BCUT2D eigenvalue weighted by molar-refractivity contribution is -0.142. The van der Waals surface area contributed by atoms with E-state index < -0.39 is 12.0 Å². The number of hydrogen-bond acceptors (Lipinski definition) is 4. The summed E-state index contributed by atoms with van der Waals surface area (Å²) in [6.45, 7) is 0. The fourth-order valence-electron chi connectivity index (χ4n) is 1.44. The molecular formula is C11H10BrNO3. The molecule has 1 atom stereocenters. The van der Waals surface area contributed by atoms with Crippen molar-refractivity contribution in [2.45, 2.75) is 6.04 Å². The lowest BCUT2D eigenvalue weighted by Gasteiger charge is -2.04. The number of benzene rings is 1. The molecule has 2 N–H and O–H groups in total. The van der Waals surface area contributed by atoms with Crippen LogP contribution in [0.25, 0.3) is 11.0 Å². The van der Waals surface area contributed by atoms with E-state index in [4.69, 9.17) is 10.2 Å². The second-order valence-electron chi connectivity index (χ2n) is 3.30. The minimum Gasteiger partial charge on any atom is -0.468 e. The Morgan fingerprint density at radius 2 is 2.31 bits per heavy atom. The molecule has 1 aromatic heterocycles. The third-order valence-corrected chi connectivity index (χ3v) is 2.98. The zero-order valence-electron chi connectivity index (χ0n) is 8.57. The number of carbonyl (C=O) groups is 1. The molecule has 0 aliphatic carbocycles. The van der Waals surface area contributed by atoms with Crippen LogP contribution in [0.1, 0.15) is 11.8 Å². The molecule has 0 saturated carbocycles. The van der Waals surface area contributed by atoms with E-state index >= 15 is 0 Å². The van der Waals surface area contributed by atoms with Crippen LogP contribution in [0.4, 0.5) is 0 Å². The standard InChI is InChI=1S/C11H10BrNO3/c1-15-11(14)10(13)9-5-6-7(12)3-2-4-8(6)16-9/h2-5,10H,13H2,1H3. The summed E-state index contributed by atoms with van der Waals surface area (Å²) in [6, 6.07) is 6.41. The van der Waals surface area contributed by atoms with Crippen LogP contribution in [0.3, 0.4) is 0 Å². The molecule has 0 amide bonds. The Balaban J connectivity index is 2.47. The van der Waals surface area contributed by atoms with E-state index in [2.05, 4.69) is 20.7 Å². The van der Waals surface area contributed by atoms with Crippen molar-refractivity contribution < 1.29 is 13.9 Å². The third-order valence-electron chi connectivity index (χ3n) is 2.29. The van der Waals surface area contributed by atoms with E-state index in [9.17, 15) is 4.79 Å². The Morgan fingerprint density at radius 1 is 1.56 bits per heavy atom. The second-order valence-corrected chi connectivity index (χ2v) is 4.16. The highest BCUT2D eigenvalue weighted by atomic mass is 79.9. The number of rotatable bonds is 2. The Hall–Kier alpha value is -1.33. The summed E-state index contributed by atoms with van der Waals surface area (Å²) in [5, 5.41) is 0.886. The summed E-state index contributed by atoms with van der Waals surface area (Å²) in [4.78, 5) is 11.3. The number of nitrogens with two attached hydrogens (primary N) is 1. The summed E-state index contributed by atoms with van der Waals surface area (Å²) < 4.78 is 10.9. The molecular weight excluding hydrogens is 274 g/mol. The predicted octanol–water partition coefficient (Wildman–Crippen LogP) is 2.37. The SMILES string of the molecule is COC(=O)C(N)c1cc2c(Br)cccc2o1. The normalized spacial score (nSPS) is 12.7. The van der Waals surface area contributed by atoms with Gasteiger partial charge in [-0.15, -0.1) is 0 Å². The molecule has 1 unspecified atom stereocenters. The van der Waals surface area contributed by atoms with Crippen molar-refractivity contribution in [2.75, 3.05) is 7.11 Å². The van der Waals surface area contributed by atoms with Crippen LogP contribution < -0.4 is 5.73 Å². The van der Waals surface area contributed by atoms with Crippen LogP contribution in [-0.2, 0) is 9.53 Å². The molecule has 5 heteroatoms. The van der Waals surface area contributed by atoms with Crippen molar-refractivity contribution in [3.63, 3.8) is 0 Å². The van der Waals surface area contributed by atoms with E-state index in [1.165, 1.54) is 7.11 Å². The van der Waals surface area contributed by atoms with E-state index in [1.807, 2.05) is 18.2 Å². The van der Waals surface area contributed by atoms with E-state index in [0.717, 1.165) is 9.86 Å². The highest BCUT2D eigenvalue weighted by Gasteiger charge is 2.20. The van der Waals surface area contributed by atoms with Gasteiger partial charge in [-0.25, -0.2) is 4.79 Å². The monoisotopic (exact) mass is 283 g/mol. The zero-order valence-corrected chi connectivity index (χ0v) is 10.2. The lowest BCUT2D eigenvalue weighted by Crippen LogP contribution is -2.21. The Morgan fingerprint density at radius 3 is 2.94 bits per heavy atom. The van der Waals surface area contributed by atoms with Crippen LogP contribution in [0.15, 0.2) is 33.2 Å². The molecule has 4 nitrogen and oxygen atoms in total. The molecule has 0 saturated heterocycles. The van der Waals surface area contributed by atoms with Crippen molar-refractivity contribution in [3.8, 4) is 0 Å². The fourth-order valence-corrected chi connectivity index (χ4v) is 1.90. The maximum Gasteiger partial charge on any atom is 0.330 e. The number of methoxy groups -OCH3 is 1. The maximum absolute atomic E-state index is 11.3. The van der Waals surface area contributed by atoms with Gasteiger partial charge in [-0.05, 0) is 18.2 Å². The largest absolute Gasteiger partial charge is 0.468 e. The lowest BCUT2D eigenvalue weighted by atomic mass is 10.2.